The molecule has 3 aromatic carbocycles. The number of hydrogen-bond donors (Lipinski definition) is 1. The lowest BCUT2D eigenvalue weighted by Crippen LogP contribution is -2.32. The van der Waals surface area contributed by atoms with Crippen LogP contribution in [0.4, 0.5) is 17.1 Å². The Morgan fingerprint density at radius 1 is 0.853 bits per heavy atom. The maximum atomic E-state index is 13.7. The molecule has 0 fully saturated rings. The molecule has 0 saturated heterocycles. The number of imide groups is 1. The first-order valence-corrected chi connectivity index (χ1v) is 10.8. The number of anilines is 3. The lowest BCUT2D eigenvalue weighted by Gasteiger charge is -2.19. The van der Waals surface area contributed by atoms with E-state index < -0.39 is 5.91 Å². The van der Waals surface area contributed by atoms with Crippen LogP contribution in [0.15, 0.2) is 72.4 Å². The van der Waals surface area contributed by atoms with Crippen molar-refractivity contribution < 1.29 is 19.1 Å². The molecule has 1 aliphatic heterocycles. The molecule has 0 aromatic heterocycles. The largest absolute Gasteiger partial charge is 0.497 e. The molecular formula is C27H27N3O4. The van der Waals surface area contributed by atoms with Crippen LogP contribution in [-0.2, 0) is 9.59 Å². The molecule has 0 saturated carbocycles. The van der Waals surface area contributed by atoms with Gasteiger partial charge in [0.2, 0.25) is 0 Å². The van der Waals surface area contributed by atoms with Gasteiger partial charge in [-0.3, -0.25) is 9.59 Å². The second kappa shape index (κ2) is 9.31. The molecule has 1 heterocycles. The number of benzene rings is 3. The standard InChI is InChI=1S/C27H27N3O4/c1-17-9-11-18(12-10-17)24-25(28-22-14-13-21(33-4)16-23(22)34-5)27(32)30(26(24)31)20-8-6-7-19(15-20)29(2)3/h6-16,28H,1-5H3. The number of carbonyl (C=O) groups is 2. The third kappa shape index (κ3) is 4.20. The molecule has 0 spiro atoms. The van der Waals surface area contributed by atoms with Gasteiger partial charge in [0.05, 0.1) is 31.2 Å². The molecular weight excluding hydrogens is 430 g/mol. The van der Waals surface area contributed by atoms with E-state index in [1.165, 1.54) is 12.0 Å². The second-order valence-electron chi connectivity index (χ2n) is 8.17. The Labute approximate surface area is 199 Å². The fourth-order valence-electron chi connectivity index (χ4n) is 3.81. The molecule has 7 heteroatoms. The molecule has 0 unspecified atom stereocenters. The average Bonchev–Trinajstić information content (AvgIpc) is 3.09. The van der Waals surface area contributed by atoms with Crippen molar-refractivity contribution in [2.45, 2.75) is 6.92 Å². The Morgan fingerprint density at radius 3 is 2.24 bits per heavy atom. The Bertz CT molecular complexity index is 1280. The monoisotopic (exact) mass is 457 g/mol. The van der Waals surface area contributed by atoms with Crippen molar-refractivity contribution in [3.63, 3.8) is 0 Å². The summed E-state index contributed by atoms with van der Waals surface area (Å²) in [5.74, 6) is 0.281. The molecule has 0 aliphatic carbocycles. The van der Waals surface area contributed by atoms with Gasteiger partial charge in [0, 0.05) is 25.8 Å². The summed E-state index contributed by atoms with van der Waals surface area (Å²) in [6, 6.07) is 20.1. The van der Waals surface area contributed by atoms with Crippen LogP contribution >= 0.6 is 0 Å². The van der Waals surface area contributed by atoms with E-state index in [1.54, 1.807) is 31.4 Å². The van der Waals surface area contributed by atoms with Crippen molar-refractivity contribution >= 4 is 34.4 Å². The zero-order valence-electron chi connectivity index (χ0n) is 19.9. The first kappa shape index (κ1) is 22.9. The number of aryl methyl sites for hydroxylation is 1. The molecule has 34 heavy (non-hydrogen) atoms. The van der Waals surface area contributed by atoms with Gasteiger partial charge in [0.25, 0.3) is 11.8 Å². The number of nitrogens with one attached hydrogen (secondary N) is 1. The molecule has 174 valence electrons. The maximum absolute atomic E-state index is 13.7. The summed E-state index contributed by atoms with van der Waals surface area (Å²) < 4.78 is 10.8. The average molecular weight is 458 g/mol. The fourth-order valence-corrected chi connectivity index (χ4v) is 3.81. The highest BCUT2D eigenvalue weighted by molar-refractivity contribution is 6.46. The van der Waals surface area contributed by atoms with Gasteiger partial charge >= 0.3 is 0 Å². The molecule has 7 nitrogen and oxygen atoms in total. The van der Waals surface area contributed by atoms with E-state index in [4.69, 9.17) is 9.47 Å². The van der Waals surface area contributed by atoms with Crippen molar-refractivity contribution in [1.82, 2.24) is 0 Å². The van der Waals surface area contributed by atoms with Crippen molar-refractivity contribution in [3.8, 4) is 11.5 Å². The third-order valence-electron chi connectivity index (χ3n) is 5.70. The zero-order chi connectivity index (χ0) is 24.4. The van der Waals surface area contributed by atoms with Crippen molar-refractivity contribution in [2.24, 2.45) is 0 Å². The normalized spacial score (nSPS) is 13.4. The van der Waals surface area contributed by atoms with Gasteiger partial charge in [0.15, 0.2) is 0 Å². The summed E-state index contributed by atoms with van der Waals surface area (Å²) >= 11 is 0. The van der Waals surface area contributed by atoms with E-state index >= 15 is 0 Å². The Hall–Kier alpha value is -4.26. The lowest BCUT2D eigenvalue weighted by molar-refractivity contribution is -0.120. The van der Waals surface area contributed by atoms with Gasteiger partial charge < -0.3 is 19.7 Å². The van der Waals surface area contributed by atoms with Crippen LogP contribution in [0.1, 0.15) is 11.1 Å². The van der Waals surface area contributed by atoms with Gasteiger partial charge in [0.1, 0.15) is 17.2 Å². The summed E-state index contributed by atoms with van der Waals surface area (Å²) in [4.78, 5) is 30.5. The van der Waals surface area contributed by atoms with Crippen molar-refractivity contribution in [2.75, 3.05) is 43.4 Å². The molecule has 0 atom stereocenters. The van der Waals surface area contributed by atoms with Crippen LogP contribution < -0.4 is 24.6 Å². The van der Waals surface area contributed by atoms with Crippen LogP contribution in [0.5, 0.6) is 11.5 Å². The van der Waals surface area contributed by atoms with Gasteiger partial charge in [-0.15, -0.1) is 0 Å². The molecule has 2 amide bonds. The lowest BCUT2D eigenvalue weighted by atomic mass is 10.0. The summed E-state index contributed by atoms with van der Waals surface area (Å²) in [6.45, 7) is 1.97. The first-order valence-electron chi connectivity index (χ1n) is 10.8. The number of nitrogens with zero attached hydrogens (tertiary/aromatic N) is 2. The van der Waals surface area contributed by atoms with E-state index in [-0.39, 0.29) is 11.6 Å². The number of hydrogen-bond acceptors (Lipinski definition) is 6. The van der Waals surface area contributed by atoms with Crippen LogP contribution in [0.2, 0.25) is 0 Å². The molecule has 1 aliphatic rings. The highest BCUT2D eigenvalue weighted by Gasteiger charge is 2.40. The molecule has 0 bridgehead atoms. The topological polar surface area (TPSA) is 71.1 Å². The molecule has 4 rings (SSSR count). The van der Waals surface area contributed by atoms with Gasteiger partial charge in [-0.25, -0.2) is 4.90 Å². The summed E-state index contributed by atoms with van der Waals surface area (Å²) in [5.41, 5.74) is 4.14. The van der Waals surface area contributed by atoms with E-state index in [0.29, 0.717) is 34.0 Å². The van der Waals surface area contributed by atoms with Crippen molar-refractivity contribution in [1.29, 1.82) is 0 Å². The number of methoxy groups -OCH3 is 2. The molecule has 1 N–H and O–H groups in total. The quantitative estimate of drug-likeness (QED) is 0.528. The second-order valence-corrected chi connectivity index (χ2v) is 8.17. The maximum Gasteiger partial charge on any atom is 0.282 e. The number of carbonyl (C=O) groups excluding carboxylic acids is 2. The number of amides is 2. The Morgan fingerprint density at radius 2 is 1.59 bits per heavy atom. The predicted molar refractivity (Wildman–Crippen MR) is 135 cm³/mol. The molecule has 0 radical (unpaired) electrons. The number of rotatable bonds is 7. The fraction of sp³-hybridized carbons (Fsp3) is 0.185. The SMILES string of the molecule is COc1ccc(NC2=C(c3ccc(C)cc3)C(=O)N(c3cccc(N(C)C)c3)C2=O)c(OC)c1. The van der Waals surface area contributed by atoms with Crippen LogP contribution in [0.3, 0.4) is 0 Å². The highest BCUT2D eigenvalue weighted by atomic mass is 16.5. The Kier molecular flexibility index (Phi) is 6.27. The van der Waals surface area contributed by atoms with Crippen LogP contribution in [0, 0.1) is 6.92 Å². The van der Waals surface area contributed by atoms with Crippen molar-refractivity contribution in [3.05, 3.63) is 83.6 Å². The van der Waals surface area contributed by atoms with E-state index in [0.717, 1.165) is 11.3 Å². The van der Waals surface area contributed by atoms with E-state index in [1.807, 2.05) is 68.4 Å². The van der Waals surface area contributed by atoms with Gasteiger partial charge in [-0.2, -0.15) is 0 Å². The number of ether oxygens (including phenoxy) is 2. The van der Waals surface area contributed by atoms with E-state index in [9.17, 15) is 9.59 Å². The zero-order valence-corrected chi connectivity index (χ0v) is 19.9. The van der Waals surface area contributed by atoms with E-state index in [2.05, 4.69) is 5.32 Å². The molecule has 3 aromatic rings. The minimum Gasteiger partial charge on any atom is -0.497 e. The van der Waals surface area contributed by atoms with Crippen LogP contribution in [-0.4, -0.2) is 40.1 Å². The van der Waals surface area contributed by atoms with Gasteiger partial charge in [-0.05, 0) is 42.8 Å². The van der Waals surface area contributed by atoms with Crippen LogP contribution in [0.25, 0.3) is 5.57 Å². The minimum atomic E-state index is -0.436. The van der Waals surface area contributed by atoms with Gasteiger partial charge in [-0.1, -0.05) is 35.9 Å². The summed E-state index contributed by atoms with van der Waals surface area (Å²) in [6.07, 6.45) is 0. The summed E-state index contributed by atoms with van der Waals surface area (Å²) in [7, 11) is 6.92. The highest BCUT2D eigenvalue weighted by Crippen LogP contribution is 2.37. The minimum absolute atomic E-state index is 0.188. The first-order chi connectivity index (χ1) is 16.3. The summed E-state index contributed by atoms with van der Waals surface area (Å²) in [5, 5.41) is 3.17. The third-order valence-corrected chi connectivity index (χ3v) is 5.70. The predicted octanol–water partition coefficient (Wildman–Crippen LogP) is 4.47. The Balaban J connectivity index is 1.83. The smallest absolute Gasteiger partial charge is 0.282 e.